The van der Waals surface area contributed by atoms with Gasteiger partial charge in [-0.1, -0.05) is 30.3 Å². The van der Waals surface area contributed by atoms with E-state index < -0.39 is 6.04 Å². The molecule has 2 atom stereocenters. The van der Waals surface area contributed by atoms with Crippen molar-refractivity contribution in [3.63, 3.8) is 0 Å². The van der Waals surface area contributed by atoms with Crippen molar-refractivity contribution in [2.45, 2.75) is 12.1 Å². The summed E-state index contributed by atoms with van der Waals surface area (Å²) in [4.78, 5) is 14.2. The van der Waals surface area contributed by atoms with E-state index in [1.165, 1.54) is 0 Å². The Hall–Kier alpha value is -1.43. The summed E-state index contributed by atoms with van der Waals surface area (Å²) < 4.78 is 5.59. The van der Waals surface area contributed by atoms with Crippen molar-refractivity contribution in [1.82, 2.24) is 10.2 Å². The number of nitrogens with two attached hydrogens (primary N) is 1. The van der Waals surface area contributed by atoms with Gasteiger partial charge in [0.25, 0.3) is 0 Å². The number of nitrogens with zero attached hydrogens (tertiary/aromatic N) is 1. The summed E-state index contributed by atoms with van der Waals surface area (Å²) in [5.41, 5.74) is 6.74. The first-order valence-corrected chi connectivity index (χ1v) is 6.55. The molecule has 1 amide bonds. The van der Waals surface area contributed by atoms with Crippen LogP contribution >= 0.6 is 0 Å². The molecule has 0 radical (unpaired) electrons. The van der Waals surface area contributed by atoms with Crippen LogP contribution in [0.2, 0.25) is 0 Å². The third kappa shape index (κ3) is 4.02. The molecule has 2 rings (SSSR count). The van der Waals surface area contributed by atoms with Crippen LogP contribution in [-0.4, -0.2) is 50.2 Å². The minimum atomic E-state index is -0.623. The van der Waals surface area contributed by atoms with Crippen LogP contribution in [0.1, 0.15) is 11.6 Å². The highest BCUT2D eigenvalue weighted by molar-refractivity contribution is 5.82. The molecule has 104 valence electrons. The van der Waals surface area contributed by atoms with Gasteiger partial charge in [0.2, 0.25) is 5.91 Å². The Balaban J connectivity index is 1.81. The van der Waals surface area contributed by atoms with Crippen LogP contribution in [0.4, 0.5) is 0 Å². The normalized spacial score (nSPS) is 21.9. The molecule has 3 N–H and O–H groups in total. The lowest BCUT2D eigenvalue weighted by Crippen LogP contribution is -2.47. The molecule has 0 bridgehead atoms. The lowest BCUT2D eigenvalue weighted by molar-refractivity contribution is -0.123. The molecule has 0 aromatic heterocycles. The van der Waals surface area contributed by atoms with Crippen molar-refractivity contribution in [2.24, 2.45) is 5.73 Å². The zero-order chi connectivity index (χ0) is 13.7. The van der Waals surface area contributed by atoms with Crippen molar-refractivity contribution in [2.75, 3.05) is 33.3 Å². The SMILES string of the molecule is CN1CCOC(CNC(=O)C(N)c2ccccc2)C1. The van der Waals surface area contributed by atoms with E-state index in [2.05, 4.69) is 10.2 Å². The van der Waals surface area contributed by atoms with Crippen LogP contribution in [-0.2, 0) is 9.53 Å². The number of ether oxygens (including phenoxy) is 1. The highest BCUT2D eigenvalue weighted by Crippen LogP contribution is 2.09. The standard InChI is InChI=1S/C14H21N3O2/c1-17-7-8-19-12(10-17)9-16-14(18)13(15)11-5-3-2-4-6-11/h2-6,12-13H,7-10,15H2,1H3,(H,16,18). The van der Waals surface area contributed by atoms with E-state index in [-0.39, 0.29) is 12.0 Å². The Labute approximate surface area is 113 Å². The van der Waals surface area contributed by atoms with Gasteiger partial charge in [-0.15, -0.1) is 0 Å². The smallest absolute Gasteiger partial charge is 0.241 e. The molecule has 0 saturated carbocycles. The van der Waals surface area contributed by atoms with Crippen molar-refractivity contribution in [3.8, 4) is 0 Å². The van der Waals surface area contributed by atoms with Gasteiger partial charge in [-0.2, -0.15) is 0 Å². The van der Waals surface area contributed by atoms with Gasteiger partial charge >= 0.3 is 0 Å². The molecule has 0 aliphatic carbocycles. The number of hydrogen-bond donors (Lipinski definition) is 2. The number of rotatable bonds is 4. The van der Waals surface area contributed by atoms with Crippen LogP contribution in [0.25, 0.3) is 0 Å². The molecule has 5 nitrogen and oxygen atoms in total. The van der Waals surface area contributed by atoms with Crippen LogP contribution in [0.15, 0.2) is 30.3 Å². The Kier molecular flexibility index (Phi) is 4.90. The van der Waals surface area contributed by atoms with E-state index in [1.54, 1.807) is 0 Å². The Morgan fingerprint density at radius 2 is 2.26 bits per heavy atom. The van der Waals surface area contributed by atoms with Gasteiger partial charge in [0.1, 0.15) is 6.04 Å². The van der Waals surface area contributed by atoms with Gasteiger partial charge in [-0.05, 0) is 12.6 Å². The number of carbonyl (C=O) groups is 1. The minimum absolute atomic E-state index is 0.0469. The molecule has 1 saturated heterocycles. The molecule has 1 aromatic rings. The second kappa shape index (κ2) is 6.65. The fourth-order valence-electron chi connectivity index (χ4n) is 2.13. The first-order valence-electron chi connectivity index (χ1n) is 6.55. The molecule has 1 aliphatic heterocycles. The summed E-state index contributed by atoms with van der Waals surface area (Å²) in [6.07, 6.45) is 0.0469. The van der Waals surface area contributed by atoms with Gasteiger partial charge in [-0.3, -0.25) is 4.79 Å². The molecule has 2 unspecified atom stereocenters. The molecule has 5 heteroatoms. The molecule has 1 heterocycles. The summed E-state index contributed by atoms with van der Waals surface area (Å²) in [6, 6.07) is 8.75. The minimum Gasteiger partial charge on any atom is -0.374 e. The summed E-state index contributed by atoms with van der Waals surface area (Å²) >= 11 is 0. The Morgan fingerprint density at radius 1 is 1.53 bits per heavy atom. The number of amides is 1. The number of likely N-dealkylation sites (N-methyl/N-ethyl adjacent to an activating group) is 1. The number of carbonyl (C=O) groups excluding carboxylic acids is 1. The van der Waals surface area contributed by atoms with Crippen molar-refractivity contribution >= 4 is 5.91 Å². The average molecular weight is 263 g/mol. The predicted molar refractivity (Wildman–Crippen MR) is 73.6 cm³/mol. The number of hydrogen-bond acceptors (Lipinski definition) is 4. The molecule has 19 heavy (non-hydrogen) atoms. The maximum atomic E-state index is 12.0. The molecular weight excluding hydrogens is 242 g/mol. The lowest BCUT2D eigenvalue weighted by atomic mass is 10.1. The van der Waals surface area contributed by atoms with E-state index in [9.17, 15) is 4.79 Å². The number of morpholine rings is 1. The highest BCUT2D eigenvalue weighted by atomic mass is 16.5. The first-order chi connectivity index (χ1) is 9.16. The third-order valence-electron chi connectivity index (χ3n) is 3.29. The van der Waals surface area contributed by atoms with Crippen molar-refractivity contribution in [3.05, 3.63) is 35.9 Å². The topological polar surface area (TPSA) is 67.6 Å². The van der Waals surface area contributed by atoms with Crippen LogP contribution in [0.5, 0.6) is 0 Å². The maximum absolute atomic E-state index is 12.0. The van der Waals surface area contributed by atoms with E-state index in [4.69, 9.17) is 10.5 Å². The third-order valence-corrected chi connectivity index (χ3v) is 3.29. The lowest BCUT2D eigenvalue weighted by Gasteiger charge is -2.30. The second-order valence-corrected chi connectivity index (χ2v) is 4.89. The maximum Gasteiger partial charge on any atom is 0.241 e. The van der Waals surface area contributed by atoms with Gasteiger partial charge in [0.15, 0.2) is 0 Å². The van der Waals surface area contributed by atoms with E-state index >= 15 is 0 Å². The van der Waals surface area contributed by atoms with E-state index in [0.717, 1.165) is 18.7 Å². The zero-order valence-electron chi connectivity index (χ0n) is 11.2. The second-order valence-electron chi connectivity index (χ2n) is 4.89. The summed E-state index contributed by atoms with van der Waals surface area (Å²) in [7, 11) is 2.05. The zero-order valence-corrected chi connectivity index (χ0v) is 11.2. The van der Waals surface area contributed by atoms with Gasteiger partial charge in [0.05, 0.1) is 12.7 Å². The van der Waals surface area contributed by atoms with Crippen LogP contribution in [0.3, 0.4) is 0 Å². The predicted octanol–water partition coefficient (Wildman–Crippen LogP) is 0.133. The molecule has 1 fully saturated rings. The molecule has 1 aromatic carbocycles. The number of benzene rings is 1. The largest absolute Gasteiger partial charge is 0.374 e. The highest BCUT2D eigenvalue weighted by Gasteiger charge is 2.20. The van der Waals surface area contributed by atoms with Crippen LogP contribution < -0.4 is 11.1 Å². The number of nitrogens with one attached hydrogen (secondary N) is 1. The van der Waals surface area contributed by atoms with Gasteiger partial charge in [0, 0.05) is 19.6 Å². The quantitative estimate of drug-likeness (QED) is 0.810. The monoisotopic (exact) mass is 263 g/mol. The van der Waals surface area contributed by atoms with E-state index in [1.807, 2.05) is 37.4 Å². The summed E-state index contributed by atoms with van der Waals surface area (Å²) in [5.74, 6) is -0.164. The molecule has 0 spiro atoms. The Bertz CT molecular complexity index is 410. The van der Waals surface area contributed by atoms with E-state index in [0.29, 0.717) is 13.2 Å². The fourth-order valence-corrected chi connectivity index (χ4v) is 2.13. The molecule has 1 aliphatic rings. The van der Waals surface area contributed by atoms with Gasteiger partial charge in [-0.25, -0.2) is 0 Å². The van der Waals surface area contributed by atoms with Crippen LogP contribution in [0, 0.1) is 0 Å². The first kappa shape index (κ1) is 14.0. The summed E-state index contributed by atoms with van der Waals surface area (Å²) in [5, 5.41) is 2.86. The molecular formula is C14H21N3O2. The fraction of sp³-hybridized carbons (Fsp3) is 0.500. The Morgan fingerprint density at radius 3 is 2.95 bits per heavy atom. The van der Waals surface area contributed by atoms with Gasteiger partial charge < -0.3 is 20.7 Å². The average Bonchev–Trinajstić information content (AvgIpc) is 2.45. The summed E-state index contributed by atoms with van der Waals surface area (Å²) in [6.45, 7) is 2.99. The van der Waals surface area contributed by atoms with Crippen molar-refractivity contribution in [1.29, 1.82) is 0 Å². The van der Waals surface area contributed by atoms with Crippen molar-refractivity contribution < 1.29 is 9.53 Å².